The smallest absolute Gasteiger partial charge is 0.241 e. The highest BCUT2D eigenvalue weighted by Gasteiger charge is 2.08. The van der Waals surface area contributed by atoms with E-state index in [2.05, 4.69) is 15.6 Å². The van der Waals surface area contributed by atoms with Gasteiger partial charge in [0, 0.05) is 17.6 Å². The van der Waals surface area contributed by atoms with Crippen LogP contribution in [0.2, 0.25) is 5.02 Å². The van der Waals surface area contributed by atoms with Crippen LogP contribution in [0.1, 0.15) is 24.2 Å². The predicted molar refractivity (Wildman–Crippen MR) is 80.8 cm³/mol. The first-order valence-electron chi connectivity index (χ1n) is 6.71. The van der Waals surface area contributed by atoms with E-state index < -0.39 is 0 Å². The minimum Gasteiger partial charge on any atom is -0.354 e. The highest BCUT2D eigenvalue weighted by molar-refractivity contribution is 6.30. The summed E-state index contributed by atoms with van der Waals surface area (Å²) < 4.78 is 1.48. The monoisotopic (exact) mass is 307 g/mol. The maximum absolute atomic E-state index is 11.8. The van der Waals surface area contributed by atoms with Gasteiger partial charge >= 0.3 is 0 Å². The predicted octanol–water partition coefficient (Wildman–Crippen LogP) is 1.31. The largest absolute Gasteiger partial charge is 0.354 e. The molecule has 2 rings (SSSR count). The average molecular weight is 308 g/mol. The molecule has 2 aromatic rings. The molecule has 1 atom stereocenters. The van der Waals surface area contributed by atoms with E-state index >= 15 is 0 Å². The van der Waals surface area contributed by atoms with Gasteiger partial charge in [0.15, 0.2) is 0 Å². The summed E-state index contributed by atoms with van der Waals surface area (Å²) in [7, 11) is 0. The number of hydrogen-bond donors (Lipinski definition) is 2. The van der Waals surface area contributed by atoms with Gasteiger partial charge in [0.05, 0.1) is 11.9 Å². The van der Waals surface area contributed by atoms with E-state index in [-0.39, 0.29) is 18.5 Å². The first-order chi connectivity index (χ1) is 10.0. The molecule has 0 bridgehead atoms. The van der Waals surface area contributed by atoms with Crippen LogP contribution in [-0.4, -0.2) is 27.4 Å². The molecular weight excluding hydrogens is 290 g/mol. The lowest BCUT2D eigenvalue weighted by Crippen LogP contribution is -2.29. The number of carbonyl (C=O) groups excluding carboxylic acids is 1. The number of amides is 1. The zero-order valence-corrected chi connectivity index (χ0v) is 12.5. The Bertz CT molecular complexity index is 611. The Morgan fingerprint density at radius 1 is 1.52 bits per heavy atom. The summed E-state index contributed by atoms with van der Waals surface area (Å²) >= 11 is 5.91. The Hall–Kier alpha value is -1.92. The second-order valence-corrected chi connectivity index (χ2v) is 5.30. The van der Waals surface area contributed by atoms with Gasteiger partial charge in [0.2, 0.25) is 5.91 Å². The summed E-state index contributed by atoms with van der Waals surface area (Å²) in [5.74, 6) is -0.113. The molecule has 1 unspecified atom stereocenters. The van der Waals surface area contributed by atoms with Crippen molar-refractivity contribution in [2.45, 2.75) is 25.9 Å². The molecule has 1 heterocycles. The first-order valence-corrected chi connectivity index (χ1v) is 7.09. The summed E-state index contributed by atoms with van der Waals surface area (Å²) in [6.07, 6.45) is 2.41. The second-order valence-electron chi connectivity index (χ2n) is 4.86. The number of aromatic nitrogens is 3. The third-order valence-corrected chi connectivity index (χ3v) is 3.19. The van der Waals surface area contributed by atoms with Crippen molar-refractivity contribution in [1.82, 2.24) is 20.3 Å². The van der Waals surface area contributed by atoms with Crippen LogP contribution >= 0.6 is 11.6 Å². The Balaban J connectivity index is 1.77. The number of hydrogen-bond acceptors (Lipinski definition) is 4. The normalized spacial score (nSPS) is 12.1. The Morgan fingerprint density at radius 3 is 3.00 bits per heavy atom. The zero-order chi connectivity index (χ0) is 15.2. The minimum absolute atomic E-state index is 0.113. The number of nitrogens with zero attached hydrogens (tertiary/aromatic N) is 3. The maximum Gasteiger partial charge on any atom is 0.241 e. The third kappa shape index (κ3) is 4.84. The molecule has 0 spiro atoms. The van der Waals surface area contributed by atoms with Crippen molar-refractivity contribution in [2.24, 2.45) is 5.73 Å². The number of nitrogens with one attached hydrogen (secondary N) is 1. The van der Waals surface area contributed by atoms with Crippen molar-refractivity contribution in [2.75, 3.05) is 6.54 Å². The number of nitrogens with two attached hydrogens (primary N) is 1. The second kappa shape index (κ2) is 7.19. The van der Waals surface area contributed by atoms with Crippen molar-refractivity contribution in [1.29, 1.82) is 0 Å². The van der Waals surface area contributed by atoms with E-state index in [4.69, 9.17) is 17.3 Å². The molecule has 0 aliphatic rings. The maximum atomic E-state index is 11.8. The molecule has 0 saturated heterocycles. The lowest BCUT2D eigenvalue weighted by molar-refractivity contribution is -0.121. The summed E-state index contributed by atoms with van der Waals surface area (Å²) in [4.78, 5) is 11.8. The molecule has 7 heteroatoms. The van der Waals surface area contributed by atoms with E-state index in [9.17, 15) is 4.79 Å². The molecule has 1 aromatic heterocycles. The molecule has 0 radical (unpaired) electrons. The molecular formula is C14H18ClN5O. The van der Waals surface area contributed by atoms with Gasteiger partial charge in [-0.1, -0.05) is 28.9 Å². The van der Waals surface area contributed by atoms with Crippen LogP contribution in [0.5, 0.6) is 0 Å². The Kier molecular flexibility index (Phi) is 5.30. The summed E-state index contributed by atoms with van der Waals surface area (Å²) in [5.41, 5.74) is 7.44. The summed E-state index contributed by atoms with van der Waals surface area (Å²) in [6, 6.07) is 7.39. The number of halogens is 1. The van der Waals surface area contributed by atoms with Crippen LogP contribution in [0.3, 0.4) is 0 Å². The highest BCUT2D eigenvalue weighted by Crippen LogP contribution is 2.10. The van der Waals surface area contributed by atoms with Crippen molar-refractivity contribution in [3.8, 4) is 0 Å². The van der Waals surface area contributed by atoms with Crippen LogP contribution in [0.25, 0.3) is 0 Å². The standard InChI is InChI=1S/C14H18ClN5O/c1-10(16)13-8-20(19-18-13)9-14(21)17-6-5-11-3-2-4-12(15)7-11/h2-4,7-8,10H,5-6,9,16H2,1H3,(H,17,21). The van der Waals surface area contributed by atoms with Crippen LogP contribution in [0, 0.1) is 0 Å². The number of rotatable bonds is 6. The van der Waals surface area contributed by atoms with Gasteiger partial charge in [0.25, 0.3) is 0 Å². The fraction of sp³-hybridized carbons (Fsp3) is 0.357. The number of benzene rings is 1. The van der Waals surface area contributed by atoms with E-state index in [0.29, 0.717) is 17.3 Å². The van der Waals surface area contributed by atoms with Crippen molar-refractivity contribution < 1.29 is 4.79 Å². The molecule has 1 aromatic carbocycles. The van der Waals surface area contributed by atoms with Crippen LogP contribution in [0.15, 0.2) is 30.5 Å². The van der Waals surface area contributed by atoms with Crippen LogP contribution < -0.4 is 11.1 Å². The van der Waals surface area contributed by atoms with Crippen LogP contribution in [-0.2, 0) is 17.8 Å². The van der Waals surface area contributed by atoms with Crippen molar-refractivity contribution in [3.05, 3.63) is 46.7 Å². The first kappa shape index (κ1) is 15.5. The molecule has 1 amide bonds. The van der Waals surface area contributed by atoms with Crippen molar-refractivity contribution in [3.63, 3.8) is 0 Å². The van der Waals surface area contributed by atoms with Gasteiger partial charge in [-0.2, -0.15) is 0 Å². The Morgan fingerprint density at radius 2 is 2.33 bits per heavy atom. The third-order valence-electron chi connectivity index (χ3n) is 2.95. The molecule has 112 valence electrons. The molecule has 3 N–H and O–H groups in total. The summed E-state index contributed by atoms with van der Waals surface area (Å²) in [6.45, 7) is 2.50. The van der Waals surface area contributed by atoms with E-state index in [0.717, 1.165) is 12.0 Å². The molecule has 0 aliphatic heterocycles. The lowest BCUT2D eigenvalue weighted by atomic mass is 10.1. The quantitative estimate of drug-likeness (QED) is 0.842. The highest BCUT2D eigenvalue weighted by atomic mass is 35.5. The van der Waals surface area contributed by atoms with Crippen molar-refractivity contribution >= 4 is 17.5 Å². The molecule has 0 fully saturated rings. The van der Waals surface area contributed by atoms with Gasteiger partial charge in [-0.15, -0.1) is 5.10 Å². The van der Waals surface area contributed by atoms with Gasteiger partial charge in [-0.3, -0.25) is 4.79 Å². The number of carbonyl (C=O) groups is 1. The van der Waals surface area contributed by atoms with E-state index in [1.807, 2.05) is 31.2 Å². The molecule has 6 nitrogen and oxygen atoms in total. The molecule has 21 heavy (non-hydrogen) atoms. The minimum atomic E-state index is -0.190. The van der Waals surface area contributed by atoms with Gasteiger partial charge < -0.3 is 11.1 Å². The fourth-order valence-electron chi connectivity index (χ4n) is 1.84. The van der Waals surface area contributed by atoms with E-state index in [1.54, 1.807) is 6.20 Å². The average Bonchev–Trinajstić information content (AvgIpc) is 2.87. The SMILES string of the molecule is CC(N)c1cn(CC(=O)NCCc2cccc(Cl)c2)nn1. The zero-order valence-electron chi connectivity index (χ0n) is 11.8. The lowest BCUT2D eigenvalue weighted by Gasteiger charge is -2.05. The summed E-state index contributed by atoms with van der Waals surface area (Å²) in [5, 5.41) is 11.3. The van der Waals surface area contributed by atoms with Gasteiger partial charge in [-0.05, 0) is 31.0 Å². The topological polar surface area (TPSA) is 85.8 Å². The molecule has 0 saturated carbocycles. The van der Waals surface area contributed by atoms with Gasteiger partial charge in [-0.25, -0.2) is 4.68 Å². The van der Waals surface area contributed by atoms with Gasteiger partial charge in [0.1, 0.15) is 6.54 Å². The molecule has 0 aliphatic carbocycles. The van der Waals surface area contributed by atoms with E-state index in [1.165, 1.54) is 4.68 Å². The Labute approximate surface area is 128 Å². The fourth-order valence-corrected chi connectivity index (χ4v) is 2.05. The van der Waals surface area contributed by atoms with Crippen LogP contribution in [0.4, 0.5) is 0 Å².